The standard InChI is InChI=1S/C29H22ClN/c1-16-18-7-4-5-10-26(18)31-27-15-25-22(14-23(27)21-9-6-8-19(16)28(21)31)20-12-11-17(30)13-24(20)29(25,2)3/h4-16H,1-3H3. The maximum atomic E-state index is 6.39. The third-order valence-corrected chi connectivity index (χ3v) is 7.92. The highest BCUT2D eigenvalue weighted by atomic mass is 35.5. The number of nitrogens with zero attached hydrogens (tertiary/aromatic N) is 1. The van der Waals surface area contributed by atoms with Gasteiger partial charge in [0.2, 0.25) is 0 Å². The predicted octanol–water partition coefficient (Wildman–Crippen LogP) is 8.21. The van der Waals surface area contributed by atoms with E-state index in [9.17, 15) is 0 Å². The van der Waals surface area contributed by atoms with Crippen molar-refractivity contribution in [3.8, 4) is 16.8 Å². The van der Waals surface area contributed by atoms with E-state index >= 15 is 0 Å². The van der Waals surface area contributed by atoms with Crippen LogP contribution in [0.4, 0.5) is 0 Å². The molecule has 5 aromatic rings. The third-order valence-electron chi connectivity index (χ3n) is 7.69. The normalized spacial score (nSPS) is 17.6. The molecular formula is C29H22ClN. The second kappa shape index (κ2) is 5.60. The van der Waals surface area contributed by atoms with Crippen molar-refractivity contribution >= 4 is 33.4 Å². The molecule has 1 atom stereocenters. The molecule has 7 rings (SSSR count). The summed E-state index contributed by atoms with van der Waals surface area (Å²) in [6, 6.07) is 26.9. The average molecular weight is 420 g/mol. The number of fused-ring (bicyclic) bond motifs is 8. The van der Waals surface area contributed by atoms with Crippen LogP contribution in [0.1, 0.15) is 48.9 Å². The van der Waals surface area contributed by atoms with Crippen LogP contribution in [0.3, 0.4) is 0 Å². The van der Waals surface area contributed by atoms with Crippen molar-refractivity contribution < 1.29 is 0 Å². The van der Waals surface area contributed by atoms with Gasteiger partial charge >= 0.3 is 0 Å². The van der Waals surface area contributed by atoms with Crippen LogP contribution in [0.15, 0.2) is 72.8 Å². The maximum Gasteiger partial charge on any atom is 0.0579 e. The fourth-order valence-corrected chi connectivity index (χ4v) is 6.29. The molecule has 0 spiro atoms. The summed E-state index contributed by atoms with van der Waals surface area (Å²) >= 11 is 6.39. The Hall–Kier alpha value is -3.03. The molecule has 2 aliphatic rings. The van der Waals surface area contributed by atoms with E-state index < -0.39 is 0 Å². The molecule has 4 aromatic carbocycles. The molecule has 2 heterocycles. The summed E-state index contributed by atoms with van der Waals surface area (Å²) in [6.07, 6.45) is 0. The lowest BCUT2D eigenvalue weighted by atomic mass is 9.82. The zero-order chi connectivity index (χ0) is 21.1. The van der Waals surface area contributed by atoms with Crippen molar-refractivity contribution in [1.82, 2.24) is 4.57 Å². The number of hydrogen-bond acceptors (Lipinski definition) is 0. The Morgan fingerprint density at radius 3 is 2.42 bits per heavy atom. The van der Waals surface area contributed by atoms with E-state index in [2.05, 4.69) is 92.1 Å². The van der Waals surface area contributed by atoms with Crippen LogP contribution in [0, 0.1) is 0 Å². The van der Waals surface area contributed by atoms with Gasteiger partial charge in [-0.05, 0) is 63.7 Å². The summed E-state index contributed by atoms with van der Waals surface area (Å²) in [4.78, 5) is 0. The van der Waals surface area contributed by atoms with Crippen LogP contribution in [0.2, 0.25) is 5.02 Å². The second-order valence-corrected chi connectivity index (χ2v) is 10.0. The van der Waals surface area contributed by atoms with E-state index in [1.807, 2.05) is 6.07 Å². The number of rotatable bonds is 0. The largest absolute Gasteiger partial charge is 0.309 e. The fraction of sp³-hybridized carbons (Fsp3) is 0.172. The first-order valence-corrected chi connectivity index (χ1v) is 11.4. The lowest BCUT2D eigenvalue weighted by Gasteiger charge is -2.26. The summed E-state index contributed by atoms with van der Waals surface area (Å²) in [7, 11) is 0. The first kappa shape index (κ1) is 17.6. The van der Waals surface area contributed by atoms with Gasteiger partial charge in [0.1, 0.15) is 0 Å². The summed E-state index contributed by atoms with van der Waals surface area (Å²) in [5, 5.41) is 3.48. The lowest BCUT2D eigenvalue weighted by Crippen LogP contribution is -2.15. The molecule has 0 bridgehead atoms. The highest BCUT2D eigenvalue weighted by Crippen LogP contribution is 2.52. The van der Waals surface area contributed by atoms with Crippen LogP contribution in [0.25, 0.3) is 38.6 Å². The summed E-state index contributed by atoms with van der Waals surface area (Å²) < 4.78 is 2.50. The Morgan fingerprint density at radius 1 is 0.774 bits per heavy atom. The topological polar surface area (TPSA) is 4.93 Å². The predicted molar refractivity (Wildman–Crippen MR) is 131 cm³/mol. The highest BCUT2D eigenvalue weighted by molar-refractivity contribution is 6.30. The Bertz CT molecular complexity index is 1580. The van der Waals surface area contributed by atoms with Crippen LogP contribution >= 0.6 is 11.6 Å². The molecule has 1 unspecified atom stereocenters. The van der Waals surface area contributed by atoms with Crippen LogP contribution in [-0.2, 0) is 5.41 Å². The monoisotopic (exact) mass is 419 g/mol. The fourth-order valence-electron chi connectivity index (χ4n) is 6.12. The maximum absolute atomic E-state index is 6.39. The molecule has 0 saturated heterocycles. The Morgan fingerprint density at radius 2 is 1.55 bits per heavy atom. The SMILES string of the molecule is CC1c2ccccc2-n2c3cc4c(cc3c3cccc1c32)-c1ccc(Cl)cc1C4(C)C. The number of benzene rings is 4. The smallest absolute Gasteiger partial charge is 0.0579 e. The van der Waals surface area contributed by atoms with Gasteiger partial charge in [-0.15, -0.1) is 0 Å². The van der Waals surface area contributed by atoms with Crippen LogP contribution in [-0.4, -0.2) is 4.57 Å². The van der Waals surface area contributed by atoms with E-state index in [1.54, 1.807) is 0 Å². The van der Waals surface area contributed by atoms with Crippen molar-refractivity contribution in [2.75, 3.05) is 0 Å². The van der Waals surface area contributed by atoms with E-state index in [4.69, 9.17) is 11.6 Å². The lowest BCUT2D eigenvalue weighted by molar-refractivity contribution is 0.661. The van der Waals surface area contributed by atoms with Crippen LogP contribution in [0.5, 0.6) is 0 Å². The average Bonchev–Trinajstić information content (AvgIpc) is 3.21. The first-order chi connectivity index (χ1) is 15.0. The van der Waals surface area contributed by atoms with E-state index in [0.717, 1.165) is 5.02 Å². The minimum absolute atomic E-state index is 0.0786. The van der Waals surface area contributed by atoms with Gasteiger partial charge in [0.15, 0.2) is 0 Å². The zero-order valence-electron chi connectivity index (χ0n) is 17.8. The Kier molecular flexibility index (Phi) is 3.19. The van der Waals surface area contributed by atoms with Crippen molar-refractivity contribution in [2.24, 2.45) is 0 Å². The molecule has 1 nitrogen and oxygen atoms in total. The molecular weight excluding hydrogens is 398 g/mol. The zero-order valence-corrected chi connectivity index (χ0v) is 18.6. The first-order valence-electron chi connectivity index (χ1n) is 11.0. The number of halogens is 1. The number of para-hydroxylation sites is 2. The highest BCUT2D eigenvalue weighted by Gasteiger charge is 2.37. The van der Waals surface area contributed by atoms with Gasteiger partial charge in [-0.1, -0.05) is 74.8 Å². The van der Waals surface area contributed by atoms with Crippen molar-refractivity contribution in [1.29, 1.82) is 0 Å². The van der Waals surface area contributed by atoms with Gasteiger partial charge < -0.3 is 4.57 Å². The van der Waals surface area contributed by atoms with Gasteiger partial charge in [-0.25, -0.2) is 0 Å². The van der Waals surface area contributed by atoms with Gasteiger partial charge in [0.05, 0.1) is 11.0 Å². The number of hydrogen-bond donors (Lipinski definition) is 0. The molecule has 0 fully saturated rings. The van der Waals surface area contributed by atoms with Crippen molar-refractivity contribution in [2.45, 2.75) is 32.1 Å². The molecule has 1 aliphatic heterocycles. The van der Waals surface area contributed by atoms with Gasteiger partial charge in [0, 0.05) is 32.8 Å². The second-order valence-electron chi connectivity index (χ2n) is 9.59. The quantitative estimate of drug-likeness (QED) is 0.238. The number of aromatic nitrogens is 1. The van der Waals surface area contributed by atoms with Gasteiger partial charge in [0.25, 0.3) is 0 Å². The Labute approximate surface area is 186 Å². The molecule has 0 amide bonds. The van der Waals surface area contributed by atoms with Crippen molar-refractivity contribution in [3.05, 3.63) is 100 Å². The molecule has 2 heteroatoms. The van der Waals surface area contributed by atoms with Gasteiger partial charge in [-0.3, -0.25) is 0 Å². The minimum atomic E-state index is -0.0786. The molecule has 31 heavy (non-hydrogen) atoms. The molecule has 1 aliphatic carbocycles. The molecule has 0 saturated carbocycles. The molecule has 0 N–H and O–H groups in total. The van der Waals surface area contributed by atoms with E-state index in [-0.39, 0.29) is 5.41 Å². The molecule has 0 radical (unpaired) electrons. The van der Waals surface area contributed by atoms with E-state index in [1.165, 1.54) is 60.9 Å². The Balaban J connectivity index is 1.68. The van der Waals surface area contributed by atoms with Crippen LogP contribution < -0.4 is 0 Å². The van der Waals surface area contributed by atoms with E-state index in [0.29, 0.717) is 5.92 Å². The summed E-state index contributed by atoms with van der Waals surface area (Å²) in [5.41, 5.74) is 12.1. The summed E-state index contributed by atoms with van der Waals surface area (Å²) in [5.74, 6) is 0.392. The third kappa shape index (κ3) is 2.03. The molecule has 150 valence electrons. The van der Waals surface area contributed by atoms with Crippen molar-refractivity contribution in [3.63, 3.8) is 0 Å². The molecule has 1 aromatic heterocycles. The summed E-state index contributed by atoms with van der Waals surface area (Å²) in [6.45, 7) is 6.97. The van der Waals surface area contributed by atoms with Gasteiger partial charge in [-0.2, -0.15) is 0 Å². The minimum Gasteiger partial charge on any atom is -0.309 e.